The minimum atomic E-state index is -5.70. The third-order valence-electron chi connectivity index (χ3n) is 1.15. The normalized spacial score (nSPS) is 12.2. The minimum absolute atomic E-state index is 0.529. The van der Waals surface area contributed by atoms with Crippen molar-refractivity contribution >= 4 is 21.8 Å². The Hall–Kier alpha value is -1.32. The predicted molar refractivity (Wildman–Crippen MR) is 41.5 cm³/mol. The first-order chi connectivity index (χ1) is 6.56. The van der Waals surface area contributed by atoms with E-state index in [1.807, 2.05) is 0 Å². The van der Waals surface area contributed by atoms with Crippen molar-refractivity contribution in [3.63, 3.8) is 0 Å². The number of carbonyl (C=O) groups is 2. The summed E-state index contributed by atoms with van der Waals surface area (Å²) in [6.07, 6.45) is -1.25. The van der Waals surface area contributed by atoms with Crippen LogP contribution in [-0.4, -0.2) is 25.7 Å². The van der Waals surface area contributed by atoms with E-state index in [-0.39, 0.29) is 0 Å². The van der Waals surface area contributed by atoms with Crippen LogP contribution in [0.15, 0.2) is 0 Å². The lowest BCUT2D eigenvalue weighted by Crippen LogP contribution is -2.40. The van der Waals surface area contributed by atoms with Crippen LogP contribution in [0.5, 0.6) is 0 Å². The zero-order valence-corrected chi connectivity index (χ0v) is 7.98. The number of sulfonamides is 1. The summed E-state index contributed by atoms with van der Waals surface area (Å²) in [6.45, 7) is 0. The standard InChI is InChI=1S/C5H7F3N2O4S/c6-5(7,8)15(13,14)10-4(12)2-1-3(9)11/h1-2H2,(H2,9,11)(H,10,12). The Balaban J connectivity index is 4.37. The molecule has 0 atom stereocenters. The number of nitrogens with one attached hydrogen (secondary N) is 1. The second-order valence-electron chi connectivity index (χ2n) is 2.44. The Morgan fingerprint density at radius 3 is 2.00 bits per heavy atom. The molecule has 0 rings (SSSR count). The number of amides is 2. The third-order valence-corrected chi connectivity index (χ3v) is 2.26. The van der Waals surface area contributed by atoms with Crippen LogP contribution in [0.4, 0.5) is 13.2 Å². The van der Waals surface area contributed by atoms with Crippen LogP contribution in [0.25, 0.3) is 0 Å². The molecule has 0 aliphatic rings. The fourth-order valence-electron chi connectivity index (χ4n) is 0.495. The molecule has 0 aliphatic heterocycles. The molecule has 0 bridgehead atoms. The van der Waals surface area contributed by atoms with Crippen LogP contribution in [0, 0.1) is 0 Å². The smallest absolute Gasteiger partial charge is 0.370 e. The Morgan fingerprint density at radius 2 is 1.67 bits per heavy atom. The van der Waals surface area contributed by atoms with Gasteiger partial charge in [0.05, 0.1) is 0 Å². The molecule has 0 unspecified atom stereocenters. The molecule has 2 amide bonds. The zero-order valence-electron chi connectivity index (χ0n) is 7.17. The Bertz CT molecular complexity index is 361. The summed E-state index contributed by atoms with van der Waals surface area (Å²) >= 11 is 0. The highest BCUT2D eigenvalue weighted by Gasteiger charge is 2.46. The quantitative estimate of drug-likeness (QED) is 0.680. The zero-order chi connectivity index (χ0) is 12.3. The van der Waals surface area contributed by atoms with E-state index in [2.05, 4.69) is 5.73 Å². The van der Waals surface area contributed by atoms with Crippen molar-refractivity contribution < 1.29 is 31.2 Å². The molecule has 0 spiro atoms. The molecule has 0 aliphatic carbocycles. The molecule has 6 nitrogen and oxygen atoms in total. The van der Waals surface area contributed by atoms with E-state index in [0.29, 0.717) is 0 Å². The van der Waals surface area contributed by atoms with Gasteiger partial charge in [0, 0.05) is 12.8 Å². The van der Waals surface area contributed by atoms with Crippen LogP contribution >= 0.6 is 0 Å². The summed E-state index contributed by atoms with van der Waals surface area (Å²) in [5.41, 5.74) is -0.960. The summed E-state index contributed by atoms with van der Waals surface area (Å²) in [6, 6.07) is 0. The Kier molecular flexibility index (Phi) is 4.07. The summed E-state index contributed by atoms with van der Waals surface area (Å²) in [5, 5.41) is 0. The van der Waals surface area contributed by atoms with E-state index < -0.39 is 40.2 Å². The van der Waals surface area contributed by atoms with Gasteiger partial charge in [-0.3, -0.25) is 9.59 Å². The third kappa shape index (κ3) is 4.63. The number of rotatable bonds is 4. The lowest BCUT2D eigenvalue weighted by molar-refractivity contribution is -0.124. The largest absolute Gasteiger partial charge is 0.516 e. The number of hydrogen-bond donors (Lipinski definition) is 2. The molecule has 0 heterocycles. The Morgan fingerprint density at radius 1 is 1.20 bits per heavy atom. The number of nitrogens with two attached hydrogens (primary N) is 1. The molecular weight excluding hydrogens is 241 g/mol. The molecule has 0 aromatic heterocycles. The van der Waals surface area contributed by atoms with E-state index >= 15 is 0 Å². The van der Waals surface area contributed by atoms with Gasteiger partial charge in [0.15, 0.2) is 0 Å². The van der Waals surface area contributed by atoms with Gasteiger partial charge in [-0.1, -0.05) is 0 Å². The maximum atomic E-state index is 11.7. The van der Waals surface area contributed by atoms with Crippen molar-refractivity contribution in [2.45, 2.75) is 18.3 Å². The van der Waals surface area contributed by atoms with Crippen molar-refractivity contribution in [3.05, 3.63) is 0 Å². The molecule has 3 N–H and O–H groups in total. The highest BCUT2D eigenvalue weighted by atomic mass is 32.2. The van der Waals surface area contributed by atoms with E-state index in [1.54, 1.807) is 0 Å². The van der Waals surface area contributed by atoms with Gasteiger partial charge in [-0.2, -0.15) is 21.6 Å². The number of primary amides is 1. The van der Waals surface area contributed by atoms with Gasteiger partial charge >= 0.3 is 15.5 Å². The van der Waals surface area contributed by atoms with Crippen LogP contribution in [-0.2, 0) is 19.6 Å². The molecule has 0 aromatic rings. The van der Waals surface area contributed by atoms with Gasteiger partial charge in [0.25, 0.3) is 0 Å². The number of alkyl halides is 3. The van der Waals surface area contributed by atoms with E-state index in [4.69, 9.17) is 0 Å². The first kappa shape index (κ1) is 13.7. The number of hydrogen-bond acceptors (Lipinski definition) is 4. The van der Waals surface area contributed by atoms with Crippen LogP contribution in [0.1, 0.15) is 12.8 Å². The predicted octanol–water partition coefficient (Wildman–Crippen LogP) is -0.782. The van der Waals surface area contributed by atoms with Crippen molar-refractivity contribution in [1.29, 1.82) is 0 Å². The van der Waals surface area contributed by atoms with Crippen LogP contribution < -0.4 is 10.5 Å². The fraction of sp³-hybridized carbons (Fsp3) is 0.600. The second kappa shape index (κ2) is 4.47. The van der Waals surface area contributed by atoms with Gasteiger partial charge in [-0.25, -0.2) is 4.72 Å². The minimum Gasteiger partial charge on any atom is -0.370 e. The van der Waals surface area contributed by atoms with Gasteiger partial charge in [0.1, 0.15) is 0 Å². The lowest BCUT2D eigenvalue weighted by Gasteiger charge is -2.08. The molecular formula is C5H7F3N2O4S. The summed E-state index contributed by atoms with van der Waals surface area (Å²) in [4.78, 5) is 20.7. The average molecular weight is 248 g/mol. The first-order valence-corrected chi connectivity index (χ1v) is 4.95. The van der Waals surface area contributed by atoms with Gasteiger partial charge in [-0.05, 0) is 0 Å². The van der Waals surface area contributed by atoms with Gasteiger partial charge in [-0.15, -0.1) is 0 Å². The van der Waals surface area contributed by atoms with Gasteiger partial charge < -0.3 is 5.73 Å². The summed E-state index contributed by atoms with van der Waals surface area (Å²) in [5.74, 6) is -2.36. The molecule has 0 aromatic carbocycles. The molecule has 0 saturated heterocycles. The molecule has 10 heteroatoms. The molecule has 0 fully saturated rings. The molecule has 15 heavy (non-hydrogen) atoms. The van der Waals surface area contributed by atoms with Crippen molar-refractivity contribution in [3.8, 4) is 0 Å². The average Bonchev–Trinajstić information content (AvgIpc) is 1.97. The lowest BCUT2D eigenvalue weighted by atomic mass is 10.3. The maximum absolute atomic E-state index is 11.7. The topological polar surface area (TPSA) is 106 Å². The highest BCUT2D eigenvalue weighted by molar-refractivity contribution is 7.90. The van der Waals surface area contributed by atoms with E-state index in [1.165, 1.54) is 0 Å². The molecule has 0 saturated carbocycles. The first-order valence-electron chi connectivity index (χ1n) is 3.46. The Labute approximate surface area is 82.7 Å². The van der Waals surface area contributed by atoms with Crippen LogP contribution in [0.3, 0.4) is 0 Å². The second-order valence-corrected chi connectivity index (χ2v) is 4.11. The van der Waals surface area contributed by atoms with E-state index in [9.17, 15) is 31.2 Å². The molecule has 0 radical (unpaired) electrons. The SMILES string of the molecule is NC(=O)CCC(=O)NS(=O)(=O)C(F)(F)F. The summed E-state index contributed by atoms with van der Waals surface area (Å²) < 4.78 is 56.5. The monoisotopic (exact) mass is 248 g/mol. The van der Waals surface area contributed by atoms with Crippen molar-refractivity contribution in [2.24, 2.45) is 5.73 Å². The van der Waals surface area contributed by atoms with E-state index in [0.717, 1.165) is 4.72 Å². The van der Waals surface area contributed by atoms with Gasteiger partial charge in [0.2, 0.25) is 11.8 Å². The van der Waals surface area contributed by atoms with Crippen LogP contribution in [0.2, 0.25) is 0 Å². The fourth-order valence-corrected chi connectivity index (χ4v) is 1.01. The number of carbonyl (C=O) groups excluding carboxylic acids is 2. The highest BCUT2D eigenvalue weighted by Crippen LogP contribution is 2.21. The maximum Gasteiger partial charge on any atom is 0.516 e. The van der Waals surface area contributed by atoms with Crippen molar-refractivity contribution in [1.82, 2.24) is 4.72 Å². The van der Waals surface area contributed by atoms with Crippen molar-refractivity contribution in [2.75, 3.05) is 0 Å². The molecule has 88 valence electrons. The summed E-state index contributed by atoms with van der Waals surface area (Å²) in [7, 11) is -5.70. The number of halogens is 3.